The second kappa shape index (κ2) is 5.13. The molecule has 0 bridgehead atoms. The van der Waals surface area contributed by atoms with Gasteiger partial charge < -0.3 is 9.15 Å². The first kappa shape index (κ1) is 13.8. The van der Waals surface area contributed by atoms with Gasteiger partial charge in [-0.2, -0.15) is 0 Å². The average molecular weight is 326 g/mol. The van der Waals surface area contributed by atoms with Crippen LogP contribution in [0, 0.1) is 0 Å². The molecule has 2 aromatic heterocycles. The third-order valence-corrected chi connectivity index (χ3v) is 4.30. The van der Waals surface area contributed by atoms with Gasteiger partial charge in [-0.3, -0.25) is 19.9 Å². The van der Waals surface area contributed by atoms with Crippen LogP contribution in [0.15, 0.2) is 39.8 Å². The van der Waals surface area contributed by atoms with Gasteiger partial charge in [0.2, 0.25) is 0 Å². The summed E-state index contributed by atoms with van der Waals surface area (Å²) in [6.07, 6.45) is 3.26. The Morgan fingerprint density at radius 3 is 2.91 bits per heavy atom. The molecule has 0 radical (unpaired) electrons. The van der Waals surface area contributed by atoms with Gasteiger partial charge >= 0.3 is 0 Å². The van der Waals surface area contributed by atoms with E-state index in [0.29, 0.717) is 22.0 Å². The lowest BCUT2D eigenvalue weighted by atomic mass is 10.1. The number of nitrogens with zero attached hydrogens (tertiary/aromatic N) is 1. The van der Waals surface area contributed by atoms with E-state index in [0.717, 1.165) is 28.1 Å². The number of imide groups is 1. The lowest BCUT2D eigenvalue weighted by Crippen LogP contribution is -2.17. The summed E-state index contributed by atoms with van der Waals surface area (Å²) in [6, 6.07) is 7.32. The number of benzene rings is 1. The van der Waals surface area contributed by atoms with Crippen molar-refractivity contribution in [2.45, 2.75) is 0 Å². The highest BCUT2D eigenvalue weighted by atomic mass is 32.2. The number of carbonyl (C=O) groups is 2. The van der Waals surface area contributed by atoms with Gasteiger partial charge in [-0.1, -0.05) is 0 Å². The van der Waals surface area contributed by atoms with Crippen LogP contribution in [0.2, 0.25) is 0 Å². The number of hydrogen-bond acceptors (Lipinski definition) is 6. The Balaban J connectivity index is 1.87. The van der Waals surface area contributed by atoms with Crippen molar-refractivity contribution in [3.63, 3.8) is 0 Å². The zero-order valence-corrected chi connectivity index (χ0v) is 12.8. The van der Waals surface area contributed by atoms with Crippen LogP contribution in [0.25, 0.3) is 27.9 Å². The predicted molar refractivity (Wildman–Crippen MR) is 87.2 cm³/mol. The van der Waals surface area contributed by atoms with Crippen LogP contribution in [-0.2, 0) is 4.79 Å². The molecule has 1 fully saturated rings. The molecule has 0 atom stereocenters. The van der Waals surface area contributed by atoms with Gasteiger partial charge in [0.1, 0.15) is 17.1 Å². The summed E-state index contributed by atoms with van der Waals surface area (Å²) in [5.41, 5.74) is 1.45. The second-order valence-corrected chi connectivity index (χ2v) is 5.94. The monoisotopic (exact) mass is 326 g/mol. The maximum atomic E-state index is 11.6. The standard InChI is InChI=1S/C16H10N2O4S/c1-21-9-2-3-12-11(5-9)14-8(7-17-12)4-10(22-14)6-13-15(19)18-16(20)23-13/h2-7H,1H3,(H,18,19,20)/b13-6-. The molecule has 23 heavy (non-hydrogen) atoms. The number of thioether (sulfide) groups is 1. The minimum Gasteiger partial charge on any atom is -0.497 e. The zero-order chi connectivity index (χ0) is 16.0. The van der Waals surface area contributed by atoms with E-state index < -0.39 is 5.91 Å². The van der Waals surface area contributed by atoms with Gasteiger partial charge in [0, 0.05) is 23.0 Å². The molecule has 2 amide bonds. The van der Waals surface area contributed by atoms with Crippen LogP contribution in [0.4, 0.5) is 4.79 Å². The summed E-state index contributed by atoms with van der Waals surface area (Å²) in [7, 11) is 1.60. The number of aromatic nitrogens is 1. The van der Waals surface area contributed by atoms with E-state index in [4.69, 9.17) is 9.15 Å². The summed E-state index contributed by atoms with van der Waals surface area (Å²) in [5.74, 6) is 0.786. The molecule has 6 nitrogen and oxygen atoms in total. The van der Waals surface area contributed by atoms with Crippen molar-refractivity contribution in [2.24, 2.45) is 0 Å². The highest BCUT2D eigenvalue weighted by Crippen LogP contribution is 2.32. The number of pyridine rings is 1. The molecule has 114 valence electrons. The maximum absolute atomic E-state index is 11.6. The number of amides is 2. The van der Waals surface area contributed by atoms with Crippen LogP contribution in [-0.4, -0.2) is 23.2 Å². The third-order valence-electron chi connectivity index (χ3n) is 3.49. The highest BCUT2D eigenvalue weighted by molar-refractivity contribution is 8.18. The number of carbonyl (C=O) groups excluding carboxylic acids is 2. The number of ether oxygens (including phenoxy) is 1. The molecule has 1 aliphatic rings. The Hall–Kier alpha value is -2.80. The predicted octanol–water partition coefficient (Wildman–Crippen LogP) is 3.31. The molecule has 3 aromatic rings. The average Bonchev–Trinajstić information content (AvgIpc) is 3.09. The van der Waals surface area contributed by atoms with Gasteiger partial charge in [-0.05, 0) is 36.0 Å². The lowest BCUT2D eigenvalue weighted by molar-refractivity contribution is -0.115. The first-order chi connectivity index (χ1) is 11.1. The largest absolute Gasteiger partial charge is 0.497 e. The van der Waals surface area contributed by atoms with Crippen LogP contribution < -0.4 is 10.1 Å². The minimum absolute atomic E-state index is 0.309. The zero-order valence-electron chi connectivity index (χ0n) is 12.0. The summed E-state index contributed by atoms with van der Waals surface area (Å²) >= 11 is 0.854. The van der Waals surface area contributed by atoms with E-state index in [1.165, 1.54) is 0 Å². The van der Waals surface area contributed by atoms with Crippen LogP contribution in [0.3, 0.4) is 0 Å². The minimum atomic E-state index is -0.412. The van der Waals surface area contributed by atoms with E-state index in [1.807, 2.05) is 18.2 Å². The fraction of sp³-hybridized carbons (Fsp3) is 0.0625. The summed E-state index contributed by atoms with van der Waals surface area (Å²) in [5, 5.41) is 3.47. The molecule has 1 aromatic carbocycles. The molecule has 1 saturated heterocycles. The van der Waals surface area contributed by atoms with E-state index >= 15 is 0 Å². The van der Waals surface area contributed by atoms with Crippen molar-refractivity contribution in [1.29, 1.82) is 0 Å². The van der Waals surface area contributed by atoms with Crippen molar-refractivity contribution in [3.8, 4) is 5.75 Å². The van der Waals surface area contributed by atoms with Crippen molar-refractivity contribution in [1.82, 2.24) is 10.3 Å². The van der Waals surface area contributed by atoms with E-state index in [2.05, 4.69) is 10.3 Å². The van der Waals surface area contributed by atoms with Gasteiger partial charge in [0.05, 0.1) is 17.5 Å². The second-order valence-electron chi connectivity index (χ2n) is 4.93. The maximum Gasteiger partial charge on any atom is 0.290 e. The number of nitrogens with one attached hydrogen (secondary N) is 1. The van der Waals surface area contributed by atoms with Crippen LogP contribution >= 0.6 is 11.8 Å². The summed E-state index contributed by atoms with van der Waals surface area (Å²) in [4.78, 5) is 27.5. The van der Waals surface area contributed by atoms with E-state index in [-0.39, 0.29) is 5.24 Å². The first-order valence-corrected chi connectivity index (χ1v) is 7.57. The fourth-order valence-corrected chi connectivity index (χ4v) is 3.09. The molecule has 0 unspecified atom stereocenters. The third kappa shape index (κ3) is 2.35. The molecule has 0 aliphatic carbocycles. The Labute approximate surface area is 134 Å². The summed E-state index contributed by atoms with van der Waals surface area (Å²) < 4.78 is 11.1. The molecule has 1 N–H and O–H groups in total. The van der Waals surface area contributed by atoms with Gasteiger partial charge in [-0.25, -0.2) is 0 Å². The van der Waals surface area contributed by atoms with Crippen molar-refractivity contribution < 1.29 is 18.7 Å². The first-order valence-electron chi connectivity index (χ1n) is 6.75. The quantitative estimate of drug-likeness (QED) is 0.728. The number of rotatable bonds is 2. The number of methoxy groups -OCH3 is 1. The highest BCUT2D eigenvalue weighted by Gasteiger charge is 2.25. The topological polar surface area (TPSA) is 81.4 Å². The van der Waals surface area contributed by atoms with Crippen LogP contribution in [0.5, 0.6) is 5.75 Å². The fourth-order valence-electron chi connectivity index (χ4n) is 2.43. The molecule has 4 rings (SSSR count). The molecule has 3 heterocycles. The number of fused-ring (bicyclic) bond motifs is 3. The smallest absolute Gasteiger partial charge is 0.290 e. The Bertz CT molecular complexity index is 1010. The Morgan fingerprint density at radius 2 is 2.17 bits per heavy atom. The Morgan fingerprint density at radius 1 is 1.30 bits per heavy atom. The molecule has 7 heteroatoms. The van der Waals surface area contributed by atoms with Crippen molar-refractivity contribution in [3.05, 3.63) is 41.1 Å². The molecule has 1 aliphatic heterocycles. The number of furan rings is 1. The van der Waals surface area contributed by atoms with E-state index in [1.54, 1.807) is 25.4 Å². The SMILES string of the molecule is COc1ccc2ncc3cc(/C=C4\SC(=O)NC4=O)oc3c2c1. The molecular formula is C16H10N2O4S. The number of hydrogen-bond donors (Lipinski definition) is 1. The van der Waals surface area contributed by atoms with Gasteiger partial charge in [-0.15, -0.1) is 0 Å². The molecular weight excluding hydrogens is 316 g/mol. The van der Waals surface area contributed by atoms with E-state index in [9.17, 15) is 9.59 Å². The lowest BCUT2D eigenvalue weighted by Gasteiger charge is -2.02. The van der Waals surface area contributed by atoms with Gasteiger partial charge in [0.25, 0.3) is 11.1 Å². The Kier molecular flexibility index (Phi) is 3.09. The summed E-state index contributed by atoms with van der Waals surface area (Å²) in [6.45, 7) is 0. The van der Waals surface area contributed by atoms with Crippen molar-refractivity contribution in [2.75, 3.05) is 7.11 Å². The molecule has 0 spiro atoms. The van der Waals surface area contributed by atoms with Crippen molar-refractivity contribution >= 4 is 50.9 Å². The van der Waals surface area contributed by atoms with Crippen LogP contribution in [0.1, 0.15) is 5.76 Å². The van der Waals surface area contributed by atoms with Gasteiger partial charge in [0.15, 0.2) is 0 Å². The molecule has 0 saturated carbocycles. The normalized spacial score (nSPS) is 16.5.